The number of guanidine groups is 1. The van der Waals surface area contributed by atoms with Crippen molar-refractivity contribution in [3.05, 3.63) is 0 Å². The van der Waals surface area contributed by atoms with Gasteiger partial charge in [0.15, 0.2) is 5.96 Å². The molecule has 3 rings (SSSR count). The smallest absolute Gasteiger partial charge is 0.243 e. The summed E-state index contributed by atoms with van der Waals surface area (Å²) in [5.74, 6) is 1.14. The minimum atomic E-state index is -0.0375. The zero-order valence-corrected chi connectivity index (χ0v) is 20.7. The standard InChI is InChI=1S/C21H37N5O3.HI/c1-25(2)19(27)14-23-21(22-13-18-9-5-6-12-29-18)24-17-10-11-26(15-17)20(28)16-7-3-4-8-16;/h16-18H,3-15H2,1-2H3,(H2,22,23,24);1H. The second-order valence-electron chi connectivity index (χ2n) is 8.72. The van der Waals surface area contributed by atoms with Gasteiger partial charge in [0.1, 0.15) is 6.54 Å². The largest absolute Gasteiger partial charge is 0.376 e. The lowest BCUT2D eigenvalue weighted by molar-refractivity contribution is -0.134. The third kappa shape index (κ3) is 7.55. The lowest BCUT2D eigenvalue weighted by Gasteiger charge is -2.25. The fraction of sp³-hybridized carbons (Fsp3) is 0.857. The highest BCUT2D eigenvalue weighted by molar-refractivity contribution is 14.0. The third-order valence-electron chi connectivity index (χ3n) is 6.19. The Morgan fingerprint density at radius 2 is 1.83 bits per heavy atom. The van der Waals surface area contributed by atoms with Crippen LogP contribution in [-0.4, -0.2) is 86.6 Å². The van der Waals surface area contributed by atoms with Gasteiger partial charge >= 0.3 is 0 Å². The first kappa shape index (κ1) is 25.2. The van der Waals surface area contributed by atoms with E-state index >= 15 is 0 Å². The van der Waals surface area contributed by atoms with Gasteiger partial charge in [-0.1, -0.05) is 12.8 Å². The van der Waals surface area contributed by atoms with E-state index in [0.29, 0.717) is 25.0 Å². The predicted octanol–water partition coefficient (Wildman–Crippen LogP) is 1.59. The summed E-state index contributed by atoms with van der Waals surface area (Å²) in [6.07, 6.45) is 8.87. The molecule has 0 aromatic heterocycles. The van der Waals surface area contributed by atoms with Crippen LogP contribution in [0.25, 0.3) is 0 Å². The zero-order chi connectivity index (χ0) is 20.6. The first-order chi connectivity index (χ1) is 14.0. The molecule has 2 heterocycles. The Bertz CT molecular complexity index is 589. The molecule has 2 aliphatic heterocycles. The van der Waals surface area contributed by atoms with Crippen molar-refractivity contribution in [3.63, 3.8) is 0 Å². The molecule has 0 bridgehead atoms. The Labute approximate surface area is 197 Å². The van der Waals surface area contributed by atoms with Crippen LogP contribution in [0.2, 0.25) is 0 Å². The lowest BCUT2D eigenvalue weighted by atomic mass is 10.1. The quantitative estimate of drug-likeness (QED) is 0.307. The second kappa shape index (κ2) is 12.7. The van der Waals surface area contributed by atoms with Crippen LogP contribution in [0.15, 0.2) is 4.99 Å². The van der Waals surface area contributed by atoms with Crippen molar-refractivity contribution in [1.82, 2.24) is 20.4 Å². The number of hydrogen-bond acceptors (Lipinski definition) is 4. The third-order valence-corrected chi connectivity index (χ3v) is 6.19. The number of halogens is 1. The van der Waals surface area contributed by atoms with Crippen molar-refractivity contribution in [2.75, 3.05) is 46.9 Å². The van der Waals surface area contributed by atoms with Gasteiger partial charge in [-0.2, -0.15) is 0 Å². The van der Waals surface area contributed by atoms with Crippen molar-refractivity contribution in [1.29, 1.82) is 0 Å². The van der Waals surface area contributed by atoms with Crippen LogP contribution >= 0.6 is 24.0 Å². The molecule has 0 aromatic carbocycles. The number of likely N-dealkylation sites (tertiary alicyclic amines) is 1. The van der Waals surface area contributed by atoms with Crippen LogP contribution in [0.5, 0.6) is 0 Å². The van der Waals surface area contributed by atoms with Gasteiger partial charge in [-0.15, -0.1) is 24.0 Å². The van der Waals surface area contributed by atoms with Gasteiger partial charge in [0.2, 0.25) is 11.8 Å². The summed E-state index contributed by atoms with van der Waals surface area (Å²) in [4.78, 5) is 32.7. The number of hydrogen-bond donors (Lipinski definition) is 2. The van der Waals surface area contributed by atoms with Gasteiger partial charge in [-0.3, -0.25) is 9.59 Å². The van der Waals surface area contributed by atoms with E-state index in [2.05, 4.69) is 15.6 Å². The van der Waals surface area contributed by atoms with Crippen molar-refractivity contribution < 1.29 is 14.3 Å². The summed E-state index contributed by atoms with van der Waals surface area (Å²) in [5, 5.41) is 6.79. The normalized spacial score (nSPS) is 25.0. The van der Waals surface area contributed by atoms with Crippen molar-refractivity contribution >= 4 is 41.8 Å². The van der Waals surface area contributed by atoms with Gasteiger partial charge in [0.05, 0.1) is 6.10 Å². The minimum Gasteiger partial charge on any atom is -0.376 e. The van der Waals surface area contributed by atoms with Crippen LogP contribution in [0.1, 0.15) is 51.4 Å². The first-order valence-electron chi connectivity index (χ1n) is 11.2. The minimum absolute atomic E-state index is 0. The number of ether oxygens (including phenoxy) is 1. The molecule has 30 heavy (non-hydrogen) atoms. The summed E-state index contributed by atoms with van der Waals surface area (Å²) in [7, 11) is 3.47. The van der Waals surface area contributed by atoms with E-state index in [1.54, 1.807) is 19.0 Å². The summed E-state index contributed by atoms with van der Waals surface area (Å²) in [5.41, 5.74) is 0. The maximum Gasteiger partial charge on any atom is 0.243 e. The average Bonchev–Trinajstić information content (AvgIpc) is 3.42. The SMILES string of the molecule is CN(C)C(=O)CN=C(NCC1CCCCO1)NC1CCN(C(=O)C2CCCC2)C1.I. The highest BCUT2D eigenvalue weighted by Crippen LogP contribution is 2.27. The highest BCUT2D eigenvalue weighted by atomic mass is 127. The van der Waals surface area contributed by atoms with Gasteiger partial charge in [-0.05, 0) is 38.5 Å². The molecule has 2 atom stereocenters. The monoisotopic (exact) mass is 535 g/mol. The van der Waals surface area contributed by atoms with Crippen LogP contribution < -0.4 is 10.6 Å². The van der Waals surface area contributed by atoms with Gasteiger partial charge in [-0.25, -0.2) is 4.99 Å². The molecule has 2 saturated heterocycles. The molecular weight excluding hydrogens is 497 g/mol. The summed E-state index contributed by atoms with van der Waals surface area (Å²) >= 11 is 0. The van der Waals surface area contributed by atoms with E-state index in [9.17, 15) is 9.59 Å². The number of aliphatic imine (C=N–C) groups is 1. The van der Waals surface area contributed by atoms with Crippen molar-refractivity contribution in [2.45, 2.75) is 63.5 Å². The van der Waals surface area contributed by atoms with Crippen molar-refractivity contribution in [3.8, 4) is 0 Å². The van der Waals surface area contributed by atoms with E-state index < -0.39 is 0 Å². The lowest BCUT2D eigenvalue weighted by Crippen LogP contribution is -2.48. The Balaban J connectivity index is 0.00000320. The van der Waals surface area contributed by atoms with Crippen LogP contribution in [0.3, 0.4) is 0 Å². The summed E-state index contributed by atoms with van der Waals surface area (Å²) in [6.45, 7) is 3.09. The molecule has 2 N–H and O–H groups in total. The number of nitrogens with one attached hydrogen (secondary N) is 2. The van der Waals surface area contributed by atoms with Crippen LogP contribution in [-0.2, 0) is 14.3 Å². The molecule has 172 valence electrons. The maximum atomic E-state index is 12.7. The molecule has 0 aromatic rings. The van der Waals surface area contributed by atoms with Gasteiger partial charge in [0.25, 0.3) is 0 Å². The van der Waals surface area contributed by atoms with Crippen LogP contribution in [0, 0.1) is 5.92 Å². The zero-order valence-electron chi connectivity index (χ0n) is 18.4. The highest BCUT2D eigenvalue weighted by Gasteiger charge is 2.32. The number of nitrogens with zero attached hydrogens (tertiary/aromatic N) is 3. The van der Waals surface area contributed by atoms with Gasteiger partial charge in [0, 0.05) is 52.3 Å². The number of amides is 2. The topological polar surface area (TPSA) is 86.3 Å². The van der Waals surface area contributed by atoms with Crippen LogP contribution in [0.4, 0.5) is 0 Å². The van der Waals surface area contributed by atoms with E-state index in [1.807, 2.05) is 4.90 Å². The molecule has 9 heteroatoms. The summed E-state index contributed by atoms with van der Waals surface area (Å²) in [6, 6.07) is 0.160. The summed E-state index contributed by atoms with van der Waals surface area (Å²) < 4.78 is 5.79. The average molecular weight is 535 g/mol. The van der Waals surface area contributed by atoms with Crippen molar-refractivity contribution in [2.24, 2.45) is 10.9 Å². The van der Waals surface area contributed by atoms with E-state index in [0.717, 1.165) is 45.3 Å². The molecule has 0 radical (unpaired) electrons. The Hall–Kier alpha value is -1.10. The predicted molar refractivity (Wildman–Crippen MR) is 128 cm³/mol. The molecule has 3 fully saturated rings. The van der Waals surface area contributed by atoms with E-state index in [1.165, 1.54) is 19.3 Å². The number of carbonyl (C=O) groups excluding carboxylic acids is 2. The first-order valence-corrected chi connectivity index (χ1v) is 11.2. The van der Waals surface area contributed by atoms with E-state index in [4.69, 9.17) is 4.74 Å². The molecule has 1 saturated carbocycles. The molecule has 8 nitrogen and oxygen atoms in total. The number of rotatable bonds is 6. The number of carbonyl (C=O) groups is 2. The molecule has 2 unspecified atom stereocenters. The molecule has 2 amide bonds. The molecule has 1 aliphatic carbocycles. The second-order valence-corrected chi connectivity index (χ2v) is 8.72. The van der Waals surface area contributed by atoms with Gasteiger partial charge < -0.3 is 25.2 Å². The van der Waals surface area contributed by atoms with E-state index in [-0.39, 0.29) is 54.5 Å². The number of likely N-dealkylation sites (N-methyl/N-ethyl adjacent to an activating group) is 1. The Morgan fingerprint density at radius 3 is 2.50 bits per heavy atom. The fourth-order valence-corrected chi connectivity index (χ4v) is 4.32. The molecule has 0 spiro atoms. The Kier molecular flexibility index (Phi) is 10.6. The Morgan fingerprint density at radius 1 is 1.10 bits per heavy atom. The molecule has 3 aliphatic rings. The fourth-order valence-electron chi connectivity index (χ4n) is 4.32. The molecular formula is C21H38IN5O3. The maximum absolute atomic E-state index is 12.7.